The monoisotopic (exact) mass is 608 g/mol. The van der Waals surface area contributed by atoms with Gasteiger partial charge in [-0.1, -0.05) is 49.6 Å². The number of nitrogen functional groups attached to an aromatic ring is 1. The Morgan fingerprint density at radius 2 is 1.41 bits per heavy atom. The molecule has 0 spiro atoms. The second kappa shape index (κ2) is 17.3. The summed E-state index contributed by atoms with van der Waals surface area (Å²) in [6.45, 7) is 9.30. The van der Waals surface area contributed by atoms with E-state index in [4.69, 9.17) is 15.6 Å². The molecule has 240 valence electrons. The molecule has 1 aliphatic heterocycles. The number of ether oxygens (including phenoxy) is 1. The topological polar surface area (TPSA) is 144 Å². The molecule has 1 amide bonds. The van der Waals surface area contributed by atoms with Crippen molar-refractivity contribution >= 4 is 35.1 Å². The van der Waals surface area contributed by atoms with Crippen LogP contribution < -0.4 is 5.73 Å². The number of carboxylic acid groups (broad SMARTS) is 1. The fourth-order valence-electron chi connectivity index (χ4n) is 5.10. The number of likely N-dealkylation sites (tertiary alicyclic amines) is 1. The van der Waals surface area contributed by atoms with E-state index < -0.39 is 23.6 Å². The maximum Gasteiger partial charge on any atom is 0.410 e. The zero-order valence-corrected chi connectivity index (χ0v) is 26.8. The fraction of sp³-hybridized carbons (Fsp3) is 0.514. The smallest absolute Gasteiger partial charge is 0.410 e. The van der Waals surface area contributed by atoms with Gasteiger partial charge in [-0.3, -0.25) is 19.2 Å². The van der Waals surface area contributed by atoms with Crippen LogP contribution in [0.4, 0.5) is 10.5 Å². The van der Waals surface area contributed by atoms with Crippen LogP contribution in [0.3, 0.4) is 0 Å². The van der Waals surface area contributed by atoms with E-state index in [1.807, 2.05) is 18.2 Å². The standard InChI is InChI=1S/C16H20O2.C11H19NO4.C8H9NO/c1-12(17)15-9-5-6-13(10-15)11-16(18)14-7-3-2-4-8-14;1-11(2,3)16-10(15)12-6-4-5-8(7-12)9(13)14;1-6(10)7-3-2-4-8(9)5-7/h5-6,9-10,14H,2-4,7-8,11H2,1H3;8H,4-7H2,1-3H3,(H,13,14);2-5H,9H2,1H3. The summed E-state index contributed by atoms with van der Waals surface area (Å²) >= 11 is 0. The van der Waals surface area contributed by atoms with Crippen molar-refractivity contribution in [2.75, 3.05) is 18.8 Å². The molecule has 44 heavy (non-hydrogen) atoms. The van der Waals surface area contributed by atoms with Crippen LogP contribution in [-0.2, 0) is 20.7 Å². The third kappa shape index (κ3) is 13.1. The lowest BCUT2D eigenvalue weighted by molar-refractivity contribution is -0.143. The molecule has 9 heteroatoms. The maximum atomic E-state index is 12.2. The van der Waals surface area contributed by atoms with Crippen molar-refractivity contribution < 1.29 is 33.8 Å². The molecule has 0 aromatic heterocycles. The zero-order valence-electron chi connectivity index (χ0n) is 26.8. The fourth-order valence-corrected chi connectivity index (χ4v) is 5.10. The van der Waals surface area contributed by atoms with Gasteiger partial charge in [-0.05, 0) is 84.1 Å². The van der Waals surface area contributed by atoms with Crippen LogP contribution in [0.5, 0.6) is 0 Å². The number of ketones is 3. The lowest BCUT2D eigenvalue weighted by Gasteiger charge is -2.32. The molecule has 2 fully saturated rings. The van der Waals surface area contributed by atoms with Gasteiger partial charge in [0.05, 0.1) is 5.92 Å². The van der Waals surface area contributed by atoms with Gasteiger partial charge in [0, 0.05) is 42.2 Å². The van der Waals surface area contributed by atoms with E-state index in [2.05, 4.69) is 0 Å². The lowest BCUT2D eigenvalue weighted by atomic mass is 9.84. The molecule has 0 bridgehead atoms. The average molecular weight is 609 g/mol. The highest BCUT2D eigenvalue weighted by Crippen LogP contribution is 2.25. The van der Waals surface area contributed by atoms with Crippen molar-refractivity contribution in [2.24, 2.45) is 11.8 Å². The van der Waals surface area contributed by atoms with E-state index in [9.17, 15) is 24.0 Å². The van der Waals surface area contributed by atoms with E-state index in [1.165, 1.54) is 31.1 Å². The summed E-state index contributed by atoms with van der Waals surface area (Å²) < 4.78 is 5.20. The first-order chi connectivity index (χ1) is 20.7. The molecule has 1 saturated carbocycles. The van der Waals surface area contributed by atoms with Crippen molar-refractivity contribution in [3.63, 3.8) is 0 Å². The zero-order chi connectivity index (χ0) is 32.9. The van der Waals surface area contributed by atoms with Gasteiger partial charge in [0.25, 0.3) is 0 Å². The molecule has 1 saturated heterocycles. The number of aliphatic carboxylic acids is 1. The number of hydrogen-bond donors (Lipinski definition) is 2. The van der Waals surface area contributed by atoms with Gasteiger partial charge in [0.1, 0.15) is 11.4 Å². The first-order valence-corrected chi connectivity index (χ1v) is 15.4. The predicted octanol–water partition coefficient (Wildman–Crippen LogP) is 6.77. The molecular formula is C35H48N2O7. The van der Waals surface area contributed by atoms with Crippen molar-refractivity contribution in [3.05, 3.63) is 65.2 Å². The van der Waals surface area contributed by atoms with Gasteiger partial charge in [0.15, 0.2) is 11.6 Å². The van der Waals surface area contributed by atoms with Gasteiger partial charge in [-0.15, -0.1) is 0 Å². The molecule has 2 aromatic rings. The minimum Gasteiger partial charge on any atom is -0.481 e. The van der Waals surface area contributed by atoms with Crippen LogP contribution in [0.15, 0.2) is 48.5 Å². The molecule has 1 unspecified atom stereocenters. The molecular weight excluding hydrogens is 560 g/mol. The molecule has 3 N–H and O–H groups in total. The minimum absolute atomic E-state index is 0.0484. The summed E-state index contributed by atoms with van der Waals surface area (Å²) in [7, 11) is 0. The van der Waals surface area contributed by atoms with Crippen molar-refractivity contribution in [1.29, 1.82) is 0 Å². The highest BCUT2D eigenvalue weighted by molar-refractivity contribution is 5.95. The number of piperidine rings is 1. The number of nitrogens with two attached hydrogens (primary N) is 1. The minimum atomic E-state index is -0.840. The van der Waals surface area contributed by atoms with Crippen LogP contribution >= 0.6 is 0 Å². The highest BCUT2D eigenvalue weighted by Gasteiger charge is 2.30. The van der Waals surface area contributed by atoms with E-state index in [-0.39, 0.29) is 24.0 Å². The summed E-state index contributed by atoms with van der Waals surface area (Å²) in [5.74, 6) is -0.598. The van der Waals surface area contributed by atoms with Gasteiger partial charge >= 0.3 is 12.1 Å². The summed E-state index contributed by atoms with van der Waals surface area (Å²) in [5.41, 5.74) is 7.88. The van der Waals surface area contributed by atoms with Crippen LogP contribution in [0, 0.1) is 11.8 Å². The van der Waals surface area contributed by atoms with Gasteiger partial charge in [-0.25, -0.2) is 4.79 Å². The van der Waals surface area contributed by atoms with Crippen molar-refractivity contribution in [2.45, 2.75) is 91.6 Å². The van der Waals surface area contributed by atoms with E-state index >= 15 is 0 Å². The predicted molar refractivity (Wildman–Crippen MR) is 171 cm³/mol. The Morgan fingerprint density at radius 3 is 1.93 bits per heavy atom. The van der Waals surface area contributed by atoms with Crippen molar-refractivity contribution in [1.82, 2.24) is 4.90 Å². The van der Waals surface area contributed by atoms with Crippen LogP contribution in [0.25, 0.3) is 0 Å². The largest absolute Gasteiger partial charge is 0.481 e. The van der Waals surface area contributed by atoms with Gasteiger partial charge in [-0.2, -0.15) is 0 Å². The Kier molecular flexibility index (Phi) is 14.2. The number of amides is 1. The normalized spacial score (nSPS) is 16.8. The van der Waals surface area contributed by atoms with Gasteiger partial charge < -0.3 is 20.5 Å². The summed E-state index contributed by atoms with van der Waals surface area (Å²) in [5, 5.41) is 8.89. The average Bonchev–Trinajstić information content (AvgIpc) is 2.97. The molecule has 1 aliphatic carbocycles. The first-order valence-electron chi connectivity index (χ1n) is 15.4. The molecule has 4 rings (SSSR count). The molecule has 9 nitrogen and oxygen atoms in total. The number of rotatable bonds is 6. The molecule has 1 atom stereocenters. The second-order valence-electron chi connectivity index (χ2n) is 12.5. The SMILES string of the molecule is CC(=O)c1cccc(CC(=O)C2CCCCC2)c1.CC(=O)c1cccc(N)c1.CC(C)(C)OC(=O)N1CCCC(C(=O)O)C1. The first kappa shape index (κ1) is 36.2. The van der Waals surface area contributed by atoms with E-state index in [1.54, 1.807) is 58.0 Å². The molecule has 2 aromatic carbocycles. The second-order valence-corrected chi connectivity index (χ2v) is 12.5. The van der Waals surface area contributed by atoms with Crippen molar-refractivity contribution in [3.8, 4) is 0 Å². The number of Topliss-reactive ketones (excluding diaryl/α,β-unsaturated/α-hetero) is 3. The molecule has 0 radical (unpaired) electrons. The molecule has 1 heterocycles. The van der Waals surface area contributed by atoms with E-state index in [0.717, 1.165) is 24.8 Å². The van der Waals surface area contributed by atoms with Crippen LogP contribution in [0.1, 0.15) is 106 Å². The summed E-state index contributed by atoms with van der Waals surface area (Å²) in [4.78, 5) is 58.2. The third-order valence-corrected chi connectivity index (χ3v) is 7.49. The summed E-state index contributed by atoms with van der Waals surface area (Å²) in [6.07, 6.45) is 7.14. The number of nitrogens with zero attached hydrogens (tertiary/aromatic N) is 1. The Balaban J connectivity index is 0.000000239. The Morgan fingerprint density at radius 1 is 0.841 bits per heavy atom. The lowest BCUT2D eigenvalue weighted by Crippen LogP contribution is -2.44. The Labute approximate surface area is 261 Å². The number of benzene rings is 2. The Hall–Kier alpha value is -4.01. The third-order valence-electron chi connectivity index (χ3n) is 7.49. The van der Waals surface area contributed by atoms with Gasteiger partial charge in [0.2, 0.25) is 0 Å². The highest BCUT2D eigenvalue weighted by atomic mass is 16.6. The number of carbonyl (C=O) groups is 5. The maximum absolute atomic E-state index is 12.2. The van der Waals surface area contributed by atoms with E-state index in [0.29, 0.717) is 42.0 Å². The van der Waals surface area contributed by atoms with Crippen LogP contribution in [0.2, 0.25) is 0 Å². The quantitative estimate of drug-likeness (QED) is 0.270. The number of carboxylic acids is 1. The number of hydrogen-bond acceptors (Lipinski definition) is 7. The summed E-state index contributed by atoms with van der Waals surface area (Å²) in [6, 6.07) is 14.4. The number of carbonyl (C=O) groups excluding carboxylic acids is 4. The number of anilines is 1. The van der Waals surface area contributed by atoms with Crippen LogP contribution in [-0.4, -0.2) is 58.1 Å². The molecule has 2 aliphatic rings. The Bertz CT molecular complexity index is 1290.